The molecule has 1 aromatic heterocycles. The van der Waals surface area contributed by atoms with E-state index in [0.29, 0.717) is 11.8 Å². The van der Waals surface area contributed by atoms with Crippen molar-refractivity contribution in [3.05, 3.63) is 21.3 Å². The largest absolute Gasteiger partial charge is 0.384 e. The molecule has 1 fully saturated rings. The van der Waals surface area contributed by atoms with Gasteiger partial charge in [-0.15, -0.1) is 11.3 Å². The Morgan fingerprint density at radius 3 is 2.88 bits per heavy atom. The van der Waals surface area contributed by atoms with Gasteiger partial charge in [-0.3, -0.25) is 0 Å². The zero-order chi connectivity index (χ0) is 11.8. The lowest BCUT2D eigenvalue weighted by Crippen LogP contribution is -2.33. The minimum atomic E-state index is -0.668. The summed E-state index contributed by atoms with van der Waals surface area (Å²) >= 11 is 7.73. The second-order valence-electron chi connectivity index (χ2n) is 5.23. The minimum absolute atomic E-state index is 0.622. The van der Waals surface area contributed by atoms with Crippen molar-refractivity contribution in [1.29, 1.82) is 0 Å². The van der Waals surface area contributed by atoms with E-state index in [1.807, 2.05) is 11.4 Å². The van der Waals surface area contributed by atoms with Gasteiger partial charge >= 0.3 is 0 Å². The summed E-state index contributed by atoms with van der Waals surface area (Å²) in [6.07, 6.45) is 4.07. The second-order valence-corrected chi connectivity index (χ2v) is 6.55. The first-order valence-corrected chi connectivity index (χ1v) is 7.24. The third-order valence-electron chi connectivity index (χ3n) is 3.75. The van der Waals surface area contributed by atoms with Crippen LogP contribution in [-0.2, 0) is 5.60 Å². The number of aliphatic hydroxyl groups is 1. The zero-order valence-corrected chi connectivity index (χ0v) is 11.4. The Bertz CT molecular complexity index is 361. The van der Waals surface area contributed by atoms with Crippen LogP contribution in [0.2, 0.25) is 5.02 Å². The maximum absolute atomic E-state index is 10.8. The summed E-state index contributed by atoms with van der Waals surface area (Å²) in [5.74, 6) is 1.27. The van der Waals surface area contributed by atoms with Gasteiger partial charge in [-0.2, -0.15) is 0 Å². The molecule has 16 heavy (non-hydrogen) atoms. The molecule has 2 unspecified atom stereocenters. The normalized spacial score (nSPS) is 30.9. The lowest BCUT2D eigenvalue weighted by Gasteiger charge is -2.38. The van der Waals surface area contributed by atoms with Crippen LogP contribution >= 0.6 is 22.9 Å². The van der Waals surface area contributed by atoms with Gasteiger partial charge in [-0.1, -0.05) is 25.4 Å². The third-order valence-corrected chi connectivity index (χ3v) is 5.28. The van der Waals surface area contributed by atoms with E-state index in [9.17, 15) is 5.11 Å². The van der Waals surface area contributed by atoms with Crippen LogP contribution in [0.25, 0.3) is 0 Å². The molecule has 1 aromatic rings. The molecule has 2 rings (SSSR count). The molecular weight excluding hydrogens is 240 g/mol. The van der Waals surface area contributed by atoms with E-state index in [0.717, 1.165) is 29.2 Å². The molecule has 0 aliphatic heterocycles. The predicted molar refractivity (Wildman–Crippen MR) is 70.0 cm³/mol. The molecule has 1 aliphatic rings. The van der Waals surface area contributed by atoms with Crippen molar-refractivity contribution in [3.8, 4) is 0 Å². The van der Waals surface area contributed by atoms with Crippen molar-refractivity contribution in [2.75, 3.05) is 0 Å². The van der Waals surface area contributed by atoms with Crippen molar-refractivity contribution in [2.45, 2.75) is 45.1 Å². The maximum Gasteiger partial charge on any atom is 0.101 e. The van der Waals surface area contributed by atoms with Gasteiger partial charge in [-0.05, 0) is 49.0 Å². The molecule has 3 heteroatoms. The number of halogens is 1. The minimum Gasteiger partial charge on any atom is -0.384 e. The molecule has 0 bridgehead atoms. The fourth-order valence-corrected chi connectivity index (χ4v) is 4.07. The summed E-state index contributed by atoms with van der Waals surface area (Å²) in [5, 5.41) is 13.5. The van der Waals surface area contributed by atoms with Crippen molar-refractivity contribution in [1.82, 2.24) is 0 Å². The van der Waals surface area contributed by atoms with E-state index in [2.05, 4.69) is 13.8 Å². The van der Waals surface area contributed by atoms with E-state index in [-0.39, 0.29) is 0 Å². The van der Waals surface area contributed by atoms with Gasteiger partial charge in [0.15, 0.2) is 0 Å². The molecule has 1 saturated carbocycles. The monoisotopic (exact) mass is 258 g/mol. The van der Waals surface area contributed by atoms with Crippen molar-refractivity contribution >= 4 is 22.9 Å². The summed E-state index contributed by atoms with van der Waals surface area (Å²) in [6, 6.07) is 1.89. The summed E-state index contributed by atoms with van der Waals surface area (Å²) in [5.41, 5.74) is -0.668. The lowest BCUT2D eigenvalue weighted by molar-refractivity contribution is -0.0264. The van der Waals surface area contributed by atoms with Crippen LogP contribution < -0.4 is 0 Å². The van der Waals surface area contributed by atoms with Gasteiger partial charge in [0.2, 0.25) is 0 Å². The number of hydrogen-bond donors (Lipinski definition) is 1. The average molecular weight is 259 g/mol. The van der Waals surface area contributed by atoms with E-state index in [1.165, 1.54) is 6.42 Å². The number of rotatable bonds is 2. The van der Waals surface area contributed by atoms with Crippen LogP contribution in [0.15, 0.2) is 11.4 Å². The summed E-state index contributed by atoms with van der Waals surface area (Å²) in [7, 11) is 0. The van der Waals surface area contributed by atoms with Crippen molar-refractivity contribution < 1.29 is 5.11 Å². The van der Waals surface area contributed by atoms with Crippen LogP contribution in [-0.4, -0.2) is 5.11 Å². The topological polar surface area (TPSA) is 20.2 Å². The Hall–Kier alpha value is -0.0500. The van der Waals surface area contributed by atoms with Crippen LogP contribution in [0.4, 0.5) is 0 Å². The molecule has 0 aromatic carbocycles. The van der Waals surface area contributed by atoms with Gasteiger partial charge in [0.05, 0.1) is 9.90 Å². The molecule has 1 nitrogen and oxygen atoms in total. The highest BCUT2D eigenvalue weighted by Gasteiger charge is 2.38. The van der Waals surface area contributed by atoms with Gasteiger partial charge < -0.3 is 5.11 Å². The Morgan fingerprint density at radius 2 is 2.31 bits per heavy atom. The van der Waals surface area contributed by atoms with Gasteiger partial charge in [0.25, 0.3) is 0 Å². The molecule has 2 atom stereocenters. The summed E-state index contributed by atoms with van der Waals surface area (Å²) in [6.45, 7) is 4.48. The Morgan fingerprint density at radius 1 is 1.56 bits per heavy atom. The second kappa shape index (κ2) is 4.67. The highest BCUT2D eigenvalue weighted by Crippen LogP contribution is 2.46. The number of hydrogen-bond acceptors (Lipinski definition) is 2. The van der Waals surface area contributed by atoms with E-state index >= 15 is 0 Å². The van der Waals surface area contributed by atoms with Crippen LogP contribution in [0.1, 0.15) is 44.4 Å². The maximum atomic E-state index is 10.8. The first kappa shape index (κ1) is 12.4. The Labute approximate surface area is 106 Å². The van der Waals surface area contributed by atoms with Crippen LogP contribution in [0.3, 0.4) is 0 Å². The van der Waals surface area contributed by atoms with E-state index < -0.39 is 5.60 Å². The van der Waals surface area contributed by atoms with Gasteiger partial charge in [-0.25, -0.2) is 0 Å². The molecule has 1 heterocycles. The molecule has 0 amide bonds. The Kier molecular flexibility index (Phi) is 3.62. The molecule has 1 N–H and O–H groups in total. The molecular formula is C13H19ClOS. The quantitative estimate of drug-likeness (QED) is 0.832. The zero-order valence-electron chi connectivity index (χ0n) is 9.87. The van der Waals surface area contributed by atoms with E-state index in [4.69, 9.17) is 11.6 Å². The molecule has 90 valence electrons. The fraction of sp³-hybridized carbons (Fsp3) is 0.692. The average Bonchev–Trinajstić information content (AvgIpc) is 2.65. The van der Waals surface area contributed by atoms with Gasteiger partial charge in [0.1, 0.15) is 5.60 Å². The smallest absolute Gasteiger partial charge is 0.101 e. The first-order chi connectivity index (χ1) is 7.53. The molecule has 1 aliphatic carbocycles. The van der Waals surface area contributed by atoms with Crippen LogP contribution in [0, 0.1) is 11.8 Å². The highest BCUT2D eigenvalue weighted by atomic mass is 35.5. The number of thiophene rings is 1. The molecule has 0 spiro atoms. The SMILES string of the molecule is CC(C)C1CCCC(O)(c2sccc2Cl)C1. The third kappa shape index (κ3) is 2.29. The first-order valence-electron chi connectivity index (χ1n) is 5.99. The Balaban J connectivity index is 2.22. The predicted octanol–water partition coefficient (Wildman–Crippen LogP) is 4.44. The van der Waals surface area contributed by atoms with Crippen molar-refractivity contribution in [2.24, 2.45) is 11.8 Å². The standard InChI is InChI=1S/C13H19ClOS/c1-9(2)10-4-3-6-13(15,8-10)12-11(14)5-7-16-12/h5,7,9-10,15H,3-4,6,8H2,1-2H3. The summed E-state index contributed by atoms with van der Waals surface area (Å²) < 4.78 is 0. The molecule has 0 saturated heterocycles. The lowest BCUT2D eigenvalue weighted by atomic mass is 9.73. The van der Waals surface area contributed by atoms with E-state index in [1.54, 1.807) is 11.3 Å². The molecule has 0 radical (unpaired) electrons. The van der Waals surface area contributed by atoms with Gasteiger partial charge in [0, 0.05) is 0 Å². The highest BCUT2D eigenvalue weighted by molar-refractivity contribution is 7.10. The fourth-order valence-electron chi connectivity index (χ4n) is 2.70. The van der Waals surface area contributed by atoms with Crippen LogP contribution in [0.5, 0.6) is 0 Å². The summed E-state index contributed by atoms with van der Waals surface area (Å²) in [4.78, 5) is 0.972. The van der Waals surface area contributed by atoms with Crippen molar-refractivity contribution in [3.63, 3.8) is 0 Å².